The van der Waals surface area contributed by atoms with Crippen molar-refractivity contribution in [3.8, 4) is 5.75 Å². The highest BCUT2D eigenvalue weighted by Crippen LogP contribution is 2.11. The van der Waals surface area contributed by atoms with Gasteiger partial charge in [-0.1, -0.05) is 63.9 Å². The number of ether oxygens (including phenoxy) is 1. The smallest absolute Gasteiger partial charge is 0.129 e. The standard InChI is InChI=1S/C15H18O.CH4/c1-5-8-13-11-10-12(7-3)15(16-4)14(13)9-6-2;/h5-6,8-11H,1-2,7H2,3-4H3;1H4/b13-8-,14-9+;. The normalized spacial score (nSPS) is 11.9. The minimum Gasteiger partial charge on any atom is -0.496 e. The molecule has 0 bridgehead atoms. The molecule has 17 heavy (non-hydrogen) atoms. The van der Waals surface area contributed by atoms with Crippen LogP contribution < -0.4 is 15.2 Å². The number of benzene rings is 1. The lowest BCUT2D eigenvalue weighted by atomic mass is 10.1. The Morgan fingerprint density at radius 2 is 1.82 bits per heavy atom. The van der Waals surface area contributed by atoms with Crippen LogP contribution in [0.4, 0.5) is 0 Å². The van der Waals surface area contributed by atoms with E-state index in [4.69, 9.17) is 4.74 Å². The Balaban J connectivity index is 0.00000256. The summed E-state index contributed by atoms with van der Waals surface area (Å²) in [6, 6.07) is 4.17. The van der Waals surface area contributed by atoms with Crippen molar-refractivity contribution in [1.82, 2.24) is 0 Å². The van der Waals surface area contributed by atoms with Crippen molar-refractivity contribution in [2.24, 2.45) is 0 Å². The van der Waals surface area contributed by atoms with E-state index >= 15 is 0 Å². The van der Waals surface area contributed by atoms with Crippen molar-refractivity contribution in [2.75, 3.05) is 7.11 Å². The van der Waals surface area contributed by atoms with Gasteiger partial charge in [-0.15, -0.1) is 0 Å². The van der Waals surface area contributed by atoms with E-state index in [-0.39, 0.29) is 7.43 Å². The first kappa shape index (κ1) is 15.2. The molecule has 1 nitrogen and oxygen atoms in total. The summed E-state index contributed by atoms with van der Waals surface area (Å²) in [6.45, 7) is 9.57. The van der Waals surface area contributed by atoms with E-state index in [1.165, 1.54) is 5.56 Å². The van der Waals surface area contributed by atoms with E-state index in [0.29, 0.717) is 0 Å². The molecule has 0 spiro atoms. The Labute approximate surface area is 104 Å². The van der Waals surface area contributed by atoms with Crippen molar-refractivity contribution in [3.63, 3.8) is 0 Å². The molecule has 0 fully saturated rings. The number of methoxy groups -OCH3 is 1. The van der Waals surface area contributed by atoms with Crippen LogP contribution in [0, 0.1) is 0 Å². The molecule has 0 aliphatic heterocycles. The summed E-state index contributed by atoms with van der Waals surface area (Å²) in [5.41, 5.74) is 1.21. The van der Waals surface area contributed by atoms with Gasteiger partial charge in [-0.25, -0.2) is 0 Å². The minimum absolute atomic E-state index is 0. The number of hydrogen-bond acceptors (Lipinski definition) is 1. The number of hydrogen-bond donors (Lipinski definition) is 0. The summed E-state index contributed by atoms with van der Waals surface area (Å²) in [5, 5.41) is 2.17. The largest absolute Gasteiger partial charge is 0.496 e. The van der Waals surface area contributed by atoms with E-state index in [1.807, 2.05) is 12.2 Å². The molecule has 0 aliphatic carbocycles. The van der Waals surface area contributed by atoms with Gasteiger partial charge in [0.15, 0.2) is 0 Å². The zero-order valence-electron chi connectivity index (χ0n) is 9.99. The molecule has 1 aromatic rings. The Bertz CT molecular complexity index is 495. The highest BCUT2D eigenvalue weighted by molar-refractivity contribution is 5.50. The molecule has 0 aliphatic rings. The van der Waals surface area contributed by atoms with Crippen molar-refractivity contribution in [2.45, 2.75) is 20.8 Å². The Hall–Kier alpha value is -1.76. The highest BCUT2D eigenvalue weighted by Gasteiger charge is 2.02. The molecular formula is C16H22O. The summed E-state index contributed by atoms with van der Waals surface area (Å²) >= 11 is 0. The third-order valence-electron chi connectivity index (χ3n) is 2.48. The van der Waals surface area contributed by atoms with Gasteiger partial charge in [-0.2, -0.15) is 0 Å². The lowest BCUT2D eigenvalue weighted by Gasteiger charge is -2.07. The maximum absolute atomic E-state index is 5.47. The van der Waals surface area contributed by atoms with Gasteiger partial charge in [-0.3, -0.25) is 0 Å². The molecule has 0 radical (unpaired) electrons. The van der Waals surface area contributed by atoms with Gasteiger partial charge < -0.3 is 4.74 Å². The van der Waals surface area contributed by atoms with E-state index < -0.39 is 0 Å². The first-order valence-electron chi connectivity index (χ1n) is 5.39. The van der Waals surface area contributed by atoms with E-state index in [1.54, 1.807) is 19.3 Å². The molecule has 1 aromatic carbocycles. The van der Waals surface area contributed by atoms with Crippen LogP contribution in [0.15, 0.2) is 37.4 Å². The summed E-state index contributed by atoms with van der Waals surface area (Å²) < 4.78 is 5.47. The van der Waals surface area contributed by atoms with Gasteiger partial charge in [0.25, 0.3) is 0 Å². The maximum atomic E-state index is 5.47. The van der Waals surface area contributed by atoms with Gasteiger partial charge in [0.05, 0.1) is 7.11 Å². The van der Waals surface area contributed by atoms with Crippen molar-refractivity contribution < 1.29 is 4.74 Å². The van der Waals surface area contributed by atoms with Crippen LogP contribution in [-0.4, -0.2) is 7.11 Å². The van der Waals surface area contributed by atoms with Crippen LogP contribution >= 0.6 is 0 Å². The first-order valence-corrected chi connectivity index (χ1v) is 5.39. The quantitative estimate of drug-likeness (QED) is 0.773. The van der Waals surface area contributed by atoms with Crippen LogP contribution in [0.5, 0.6) is 5.75 Å². The average molecular weight is 230 g/mol. The van der Waals surface area contributed by atoms with Gasteiger partial charge in [0.2, 0.25) is 0 Å². The molecule has 0 saturated carbocycles. The topological polar surface area (TPSA) is 9.23 Å². The van der Waals surface area contributed by atoms with Crippen LogP contribution in [0.1, 0.15) is 19.9 Å². The Kier molecular flexibility index (Phi) is 6.73. The molecule has 0 aromatic heterocycles. The third kappa shape index (κ3) is 3.35. The van der Waals surface area contributed by atoms with Crippen LogP contribution in [0.25, 0.3) is 12.2 Å². The molecule has 0 amide bonds. The van der Waals surface area contributed by atoms with E-state index in [0.717, 1.165) is 22.6 Å². The minimum atomic E-state index is 0. The van der Waals surface area contributed by atoms with Crippen LogP contribution in [-0.2, 0) is 6.42 Å². The summed E-state index contributed by atoms with van der Waals surface area (Å²) in [5.74, 6) is 0.929. The van der Waals surface area contributed by atoms with Crippen molar-refractivity contribution >= 4 is 12.2 Å². The van der Waals surface area contributed by atoms with Gasteiger partial charge in [0, 0.05) is 5.22 Å². The molecular weight excluding hydrogens is 208 g/mol. The zero-order valence-corrected chi connectivity index (χ0v) is 9.99. The lowest BCUT2D eigenvalue weighted by molar-refractivity contribution is 0.406. The van der Waals surface area contributed by atoms with Gasteiger partial charge in [0.1, 0.15) is 5.75 Å². The molecule has 0 unspecified atom stereocenters. The number of allylic oxidation sites excluding steroid dienone is 2. The van der Waals surface area contributed by atoms with E-state index in [9.17, 15) is 0 Å². The Morgan fingerprint density at radius 3 is 2.29 bits per heavy atom. The maximum Gasteiger partial charge on any atom is 0.129 e. The fourth-order valence-electron chi connectivity index (χ4n) is 1.74. The molecule has 0 heterocycles. The predicted molar refractivity (Wildman–Crippen MR) is 77.7 cm³/mol. The fraction of sp³-hybridized carbons (Fsp3) is 0.250. The van der Waals surface area contributed by atoms with Crippen molar-refractivity contribution in [3.05, 3.63) is 53.4 Å². The number of aryl methyl sites for hydroxylation is 1. The SMILES string of the molecule is C.C=C/C=c1/ccc(CC)c(OC)/c1=C/C=C. The summed E-state index contributed by atoms with van der Waals surface area (Å²) in [7, 11) is 1.70. The van der Waals surface area contributed by atoms with E-state index in [2.05, 4.69) is 32.2 Å². The zero-order chi connectivity index (χ0) is 12.0. The highest BCUT2D eigenvalue weighted by atomic mass is 16.5. The summed E-state index contributed by atoms with van der Waals surface area (Å²) in [6.07, 6.45) is 8.44. The molecule has 0 N–H and O–H groups in total. The second kappa shape index (κ2) is 7.50. The molecule has 1 rings (SSSR count). The second-order valence-corrected chi connectivity index (χ2v) is 3.42. The summed E-state index contributed by atoms with van der Waals surface area (Å²) in [4.78, 5) is 0. The Morgan fingerprint density at radius 1 is 1.18 bits per heavy atom. The van der Waals surface area contributed by atoms with Crippen molar-refractivity contribution in [1.29, 1.82) is 0 Å². The molecule has 92 valence electrons. The monoisotopic (exact) mass is 230 g/mol. The number of rotatable bonds is 4. The van der Waals surface area contributed by atoms with Gasteiger partial charge >= 0.3 is 0 Å². The predicted octanol–water partition coefficient (Wildman–Crippen LogP) is 2.83. The lowest BCUT2D eigenvalue weighted by Crippen LogP contribution is -2.27. The molecule has 1 heteroatoms. The fourth-order valence-corrected chi connectivity index (χ4v) is 1.74. The third-order valence-corrected chi connectivity index (χ3v) is 2.48. The van der Waals surface area contributed by atoms with Crippen LogP contribution in [0.3, 0.4) is 0 Å². The average Bonchev–Trinajstić information content (AvgIpc) is 2.31. The van der Waals surface area contributed by atoms with Gasteiger partial charge in [-0.05, 0) is 17.2 Å². The van der Waals surface area contributed by atoms with Crippen LogP contribution in [0.2, 0.25) is 0 Å². The first-order chi connectivity index (χ1) is 7.78. The second-order valence-electron chi connectivity index (χ2n) is 3.42. The molecule has 0 atom stereocenters. The molecule has 0 saturated heterocycles.